The fourth-order valence-electron chi connectivity index (χ4n) is 3.54. The number of halogens is 1. The van der Waals surface area contributed by atoms with E-state index in [-0.39, 0.29) is 17.9 Å². The number of imidazole rings is 1. The molecule has 136 valence electrons. The van der Waals surface area contributed by atoms with E-state index in [0.717, 1.165) is 25.5 Å². The first kappa shape index (κ1) is 16.6. The lowest BCUT2D eigenvalue weighted by Gasteiger charge is -2.27. The zero-order valence-electron chi connectivity index (χ0n) is 14.8. The molecule has 2 aromatic heterocycles. The van der Waals surface area contributed by atoms with E-state index in [1.807, 2.05) is 11.5 Å². The van der Waals surface area contributed by atoms with Crippen LogP contribution in [0, 0.1) is 5.82 Å². The first-order chi connectivity index (χ1) is 12.5. The SMILES string of the molecule is CCN1CCCn2c1nc1c2c(=O)n(Cc2ccc(F)cc2)c(=O)n1C. The largest absolute Gasteiger partial charge is 0.342 e. The van der Waals surface area contributed by atoms with Crippen LogP contribution >= 0.6 is 0 Å². The predicted molar refractivity (Wildman–Crippen MR) is 97.2 cm³/mol. The van der Waals surface area contributed by atoms with Crippen LogP contribution in [0.1, 0.15) is 18.9 Å². The molecule has 7 nitrogen and oxygen atoms in total. The standard InChI is InChI=1S/C18H20FN5O2/c1-3-22-9-4-10-23-14-15(20-17(22)23)21(2)18(26)24(16(14)25)11-12-5-7-13(19)8-6-12/h5-8H,3-4,9-11H2,1-2H3. The van der Waals surface area contributed by atoms with Crippen LogP contribution in [-0.2, 0) is 20.1 Å². The maximum Gasteiger partial charge on any atom is 0.332 e. The quantitative estimate of drug-likeness (QED) is 0.709. The van der Waals surface area contributed by atoms with Crippen LogP contribution in [0.5, 0.6) is 0 Å². The van der Waals surface area contributed by atoms with Gasteiger partial charge in [0.05, 0.1) is 6.54 Å². The maximum absolute atomic E-state index is 13.1. The number of hydrogen-bond acceptors (Lipinski definition) is 4. The average Bonchev–Trinajstić information content (AvgIpc) is 3.05. The minimum Gasteiger partial charge on any atom is -0.342 e. The minimum absolute atomic E-state index is 0.0970. The second-order valence-electron chi connectivity index (χ2n) is 6.53. The topological polar surface area (TPSA) is 65.1 Å². The molecule has 26 heavy (non-hydrogen) atoms. The number of fused-ring (bicyclic) bond motifs is 3. The number of rotatable bonds is 3. The van der Waals surface area contributed by atoms with Gasteiger partial charge >= 0.3 is 5.69 Å². The molecule has 8 heteroatoms. The summed E-state index contributed by atoms with van der Waals surface area (Å²) in [6, 6.07) is 5.80. The third-order valence-electron chi connectivity index (χ3n) is 4.94. The molecule has 0 saturated carbocycles. The second-order valence-corrected chi connectivity index (χ2v) is 6.53. The number of anilines is 1. The van der Waals surface area contributed by atoms with Crippen molar-refractivity contribution in [2.45, 2.75) is 26.4 Å². The molecule has 3 heterocycles. The molecular formula is C18H20FN5O2. The van der Waals surface area contributed by atoms with Crippen LogP contribution in [0.25, 0.3) is 11.2 Å². The summed E-state index contributed by atoms with van der Waals surface area (Å²) in [6.07, 6.45) is 0.923. The molecule has 0 unspecified atom stereocenters. The highest BCUT2D eigenvalue weighted by atomic mass is 19.1. The number of aromatic nitrogens is 4. The van der Waals surface area contributed by atoms with Crippen molar-refractivity contribution in [3.8, 4) is 0 Å². The van der Waals surface area contributed by atoms with Crippen molar-refractivity contribution >= 4 is 17.1 Å². The predicted octanol–water partition coefficient (Wildman–Crippen LogP) is 1.31. The Morgan fingerprint density at radius 3 is 2.58 bits per heavy atom. The van der Waals surface area contributed by atoms with Crippen molar-refractivity contribution in [1.82, 2.24) is 18.7 Å². The van der Waals surface area contributed by atoms with Crippen molar-refractivity contribution in [3.05, 3.63) is 56.5 Å². The highest BCUT2D eigenvalue weighted by molar-refractivity contribution is 5.74. The van der Waals surface area contributed by atoms with Crippen LogP contribution in [0.15, 0.2) is 33.9 Å². The van der Waals surface area contributed by atoms with E-state index in [1.165, 1.54) is 21.3 Å². The summed E-state index contributed by atoms with van der Waals surface area (Å²) in [5.41, 5.74) is 0.765. The molecule has 0 fully saturated rings. The van der Waals surface area contributed by atoms with E-state index < -0.39 is 5.69 Å². The van der Waals surface area contributed by atoms with E-state index in [0.29, 0.717) is 23.3 Å². The first-order valence-corrected chi connectivity index (χ1v) is 8.70. The summed E-state index contributed by atoms with van der Waals surface area (Å²) in [7, 11) is 1.63. The summed E-state index contributed by atoms with van der Waals surface area (Å²) in [4.78, 5) is 32.5. The first-order valence-electron chi connectivity index (χ1n) is 8.70. The number of hydrogen-bond donors (Lipinski definition) is 0. The van der Waals surface area contributed by atoms with Gasteiger partial charge in [-0.1, -0.05) is 12.1 Å². The lowest BCUT2D eigenvalue weighted by Crippen LogP contribution is -2.40. The Hall–Kier alpha value is -2.90. The lowest BCUT2D eigenvalue weighted by molar-refractivity contribution is 0.569. The summed E-state index contributed by atoms with van der Waals surface area (Å²) >= 11 is 0. The van der Waals surface area contributed by atoms with E-state index in [9.17, 15) is 14.0 Å². The van der Waals surface area contributed by atoms with Gasteiger partial charge in [-0.15, -0.1) is 0 Å². The van der Waals surface area contributed by atoms with Gasteiger partial charge in [0.2, 0.25) is 5.95 Å². The second kappa shape index (κ2) is 6.12. The molecule has 1 aliphatic rings. The molecule has 0 amide bonds. The molecule has 0 bridgehead atoms. The Labute approximate surface area is 148 Å². The number of aryl methyl sites for hydroxylation is 2. The van der Waals surface area contributed by atoms with Crippen LogP contribution < -0.4 is 16.1 Å². The Bertz CT molecular complexity index is 1090. The third kappa shape index (κ3) is 2.44. The monoisotopic (exact) mass is 357 g/mol. The zero-order chi connectivity index (χ0) is 18.4. The summed E-state index contributed by atoms with van der Waals surface area (Å²) < 4.78 is 17.6. The van der Waals surface area contributed by atoms with E-state index in [1.54, 1.807) is 19.2 Å². The molecule has 0 saturated heterocycles. The van der Waals surface area contributed by atoms with Crippen LogP contribution in [0.2, 0.25) is 0 Å². The smallest absolute Gasteiger partial charge is 0.332 e. The van der Waals surface area contributed by atoms with Gasteiger partial charge in [0, 0.05) is 26.7 Å². The number of nitrogens with zero attached hydrogens (tertiary/aromatic N) is 5. The Morgan fingerprint density at radius 2 is 1.88 bits per heavy atom. The molecule has 0 atom stereocenters. The van der Waals surface area contributed by atoms with Gasteiger partial charge in [0.25, 0.3) is 5.56 Å². The van der Waals surface area contributed by atoms with Crippen LogP contribution in [0.4, 0.5) is 10.3 Å². The van der Waals surface area contributed by atoms with E-state index >= 15 is 0 Å². The van der Waals surface area contributed by atoms with Gasteiger partial charge in [-0.25, -0.2) is 9.18 Å². The molecule has 1 aliphatic heterocycles. The molecule has 4 rings (SSSR count). The number of benzene rings is 1. The zero-order valence-corrected chi connectivity index (χ0v) is 14.8. The van der Waals surface area contributed by atoms with Crippen molar-refractivity contribution in [2.75, 3.05) is 18.0 Å². The summed E-state index contributed by atoms with van der Waals surface area (Å²) in [5.74, 6) is 0.384. The van der Waals surface area contributed by atoms with Crippen molar-refractivity contribution in [2.24, 2.45) is 7.05 Å². The Balaban J connectivity index is 1.94. The van der Waals surface area contributed by atoms with Gasteiger partial charge < -0.3 is 9.47 Å². The fraction of sp³-hybridized carbons (Fsp3) is 0.389. The molecule has 0 N–H and O–H groups in total. The van der Waals surface area contributed by atoms with Crippen molar-refractivity contribution in [1.29, 1.82) is 0 Å². The molecule has 1 aromatic carbocycles. The van der Waals surface area contributed by atoms with Crippen molar-refractivity contribution < 1.29 is 4.39 Å². The van der Waals surface area contributed by atoms with Gasteiger partial charge in [-0.2, -0.15) is 4.98 Å². The third-order valence-corrected chi connectivity index (χ3v) is 4.94. The van der Waals surface area contributed by atoms with Gasteiger partial charge in [0.1, 0.15) is 5.82 Å². The fourth-order valence-corrected chi connectivity index (χ4v) is 3.54. The van der Waals surface area contributed by atoms with Crippen LogP contribution in [0.3, 0.4) is 0 Å². The molecule has 0 aliphatic carbocycles. The Morgan fingerprint density at radius 1 is 1.15 bits per heavy atom. The minimum atomic E-state index is -0.426. The summed E-state index contributed by atoms with van der Waals surface area (Å²) in [5, 5.41) is 0. The van der Waals surface area contributed by atoms with Gasteiger partial charge in [-0.05, 0) is 31.0 Å². The lowest BCUT2D eigenvalue weighted by atomic mass is 10.2. The van der Waals surface area contributed by atoms with Gasteiger partial charge in [-0.3, -0.25) is 13.9 Å². The molecule has 3 aromatic rings. The van der Waals surface area contributed by atoms with Crippen LogP contribution in [-0.4, -0.2) is 31.8 Å². The Kier molecular flexibility index (Phi) is 3.90. The average molecular weight is 357 g/mol. The highest BCUT2D eigenvalue weighted by Crippen LogP contribution is 2.23. The highest BCUT2D eigenvalue weighted by Gasteiger charge is 2.25. The van der Waals surface area contributed by atoms with E-state index in [2.05, 4.69) is 9.88 Å². The normalized spacial score (nSPS) is 14.0. The molecular weight excluding hydrogens is 337 g/mol. The van der Waals surface area contributed by atoms with Crippen molar-refractivity contribution in [3.63, 3.8) is 0 Å². The maximum atomic E-state index is 13.1. The van der Waals surface area contributed by atoms with E-state index in [4.69, 9.17) is 0 Å². The summed E-state index contributed by atoms with van der Waals surface area (Å²) in [6.45, 7) is 4.52. The van der Waals surface area contributed by atoms with Gasteiger partial charge in [0.15, 0.2) is 11.2 Å². The molecule has 0 spiro atoms. The molecule has 0 radical (unpaired) electrons.